The molecule has 0 unspecified atom stereocenters. The van der Waals surface area contributed by atoms with E-state index in [1.165, 1.54) is 19.2 Å². The first-order valence-electron chi connectivity index (χ1n) is 6.53. The minimum Gasteiger partial charge on any atom is -0.493 e. The van der Waals surface area contributed by atoms with Gasteiger partial charge in [0.1, 0.15) is 5.75 Å². The molecule has 0 saturated carbocycles. The number of unbranched alkanes of at least 4 members (excludes halogenated alkanes) is 2. The highest BCUT2D eigenvalue weighted by Crippen LogP contribution is 2.30. The van der Waals surface area contributed by atoms with Crippen molar-refractivity contribution in [1.29, 1.82) is 0 Å². The lowest BCUT2D eigenvalue weighted by molar-refractivity contribution is -0.385. The number of benzene rings is 1. The molecule has 0 atom stereocenters. The van der Waals surface area contributed by atoms with Crippen LogP contribution in [0, 0.1) is 10.1 Å². The number of carbonyl (C=O) groups is 1. The van der Waals surface area contributed by atoms with Gasteiger partial charge < -0.3 is 9.47 Å². The molecule has 0 heterocycles. The molecule has 116 valence electrons. The molecule has 0 saturated heterocycles. The second kappa shape index (κ2) is 8.75. The summed E-state index contributed by atoms with van der Waals surface area (Å²) in [5.74, 6) is 5.38. The number of nitrogens with one attached hydrogen (secondary N) is 1. The van der Waals surface area contributed by atoms with Crippen molar-refractivity contribution in [3.8, 4) is 11.5 Å². The molecule has 0 fully saturated rings. The van der Waals surface area contributed by atoms with Crippen LogP contribution in [0.15, 0.2) is 18.2 Å². The highest BCUT2D eigenvalue weighted by Gasteiger charge is 2.15. The Morgan fingerprint density at radius 3 is 2.76 bits per heavy atom. The highest BCUT2D eigenvalue weighted by atomic mass is 16.6. The van der Waals surface area contributed by atoms with Crippen molar-refractivity contribution in [2.24, 2.45) is 5.84 Å². The number of carbonyl (C=O) groups excluding carboxylic acids is 1. The van der Waals surface area contributed by atoms with Gasteiger partial charge in [0.25, 0.3) is 0 Å². The Morgan fingerprint density at radius 1 is 1.38 bits per heavy atom. The molecule has 0 bridgehead atoms. The molecule has 1 aromatic carbocycles. The lowest BCUT2D eigenvalue weighted by Crippen LogP contribution is -2.29. The van der Waals surface area contributed by atoms with E-state index in [4.69, 9.17) is 15.3 Å². The van der Waals surface area contributed by atoms with Crippen molar-refractivity contribution in [3.63, 3.8) is 0 Å². The SMILES string of the molecule is COc1ccc(OCCCCCC(=O)NN)cc1[N+](=O)[O-]. The van der Waals surface area contributed by atoms with Crippen LogP contribution in [0.5, 0.6) is 11.5 Å². The van der Waals surface area contributed by atoms with E-state index in [0.717, 1.165) is 19.3 Å². The number of methoxy groups -OCH3 is 1. The van der Waals surface area contributed by atoms with Crippen LogP contribution in [0.25, 0.3) is 0 Å². The summed E-state index contributed by atoms with van der Waals surface area (Å²) in [4.78, 5) is 21.2. The van der Waals surface area contributed by atoms with Gasteiger partial charge in [-0.25, -0.2) is 5.84 Å². The van der Waals surface area contributed by atoms with Gasteiger partial charge in [0, 0.05) is 6.42 Å². The summed E-state index contributed by atoms with van der Waals surface area (Å²) in [6, 6.07) is 4.45. The zero-order chi connectivity index (χ0) is 15.7. The van der Waals surface area contributed by atoms with Gasteiger partial charge in [-0.3, -0.25) is 20.3 Å². The number of amides is 1. The molecule has 0 aliphatic heterocycles. The minimum absolute atomic E-state index is 0.130. The number of hydrazine groups is 1. The molecule has 0 spiro atoms. The Kier molecular flexibility index (Phi) is 6.96. The van der Waals surface area contributed by atoms with E-state index < -0.39 is 4.92 Å². The van der Waals surface area contributed by atoms with Crippen LogP contribution in [0.3, 0.4) is 0 Å². The van der Waals surface area contributed by atoms with E-state index in [2.05, 4.69) is 5.43 Å². The van der Waals surface area contributed by atoms with Gasteiger partial charge in [0.05, 0.1) is 24.7 Å². The molecule has 0 radical (unpaired) electrons. The van der Waals surface area contributed by atoms with E-state index in [1.54, 1.807) is 6.07 Å². The fraction of sp³-hybridized carbons (Fsp3) is 0.462. The summed E-state index contributed by atoms with van der Waals surface area (Å²) in [5.41, 5.74) is 1.93. The standard InChI is InChI=1S/C13H19N3O5/c1-20-12-7-6-10(9-11(12)16(18)19)21-8-4-2-3-5-13(17)15-14/h6-7,9H,2-5,8,14H2,1H3,(H,15,17). The average molecular weight is 297 g/mol. The van der Waals surface area contributed by atoms with Gasteiger partial charge in [-0.15, -0.1) is 0 Å². The average Bonchev–Trinajstić information content (AvgIpc) is 2.50. The van der Waals surface area contributed by atoms with Crippen LogP contribution >= 0.6 is 0 Å². The van der Waals surface area contributed by atoms with Crippen molar-refractivity contribution in [1.82, 2.24) is 5.43 Å². The van der Waals surface area contributed by atoms with E-state index in [9.17, 15) is 14.9 Å². The highest BCUT2D eigenvalue weighted by molar-refractivity contribution is 5.75. The molecule has 1 aromatic rings. The Bertz CT molecular complexity index is 493. The quantitative estimate of drug-likeness (QED) is 0.235. The molecule has 8 nitrogen and oxygen atoms in total. The molecule has 0 aliphatic carbocycles. The molecule has 1 amide bonds. The molecule has 0 aromatic heterocycles. The van der Waals surface area contributed by atoms with E-state index in [-0.39, 0.29) is 17.3 Å². The first-order chi connectivity index (χ1) is 10.1. The smallest absolute Gasteiger partial charge is 0.314 e. The Labute approximate surface area is 122 Å². The van der Waals surface area contributed by atoms with Crippen molar-refractivity contribution in [3.05, 3.63) is 28.3 Å². The molecule has 21 heavy (non-hydrogen) atoms. The molecule has 3 N–H and O–H groups in total. The number of nitrogens with two attached hydrogens (primary N) is 1. The first kappa shape index (κ1) is 16.7. The maximum Gasteiger partial charge on any atom is 0.314 e. The van der Waals surface area contributed by atoms with Gasteiger partial charge in [0.15, 0.2) is 5.75 Å². The van der Waals surface area contributed by atoms with Gasteiger partial charge in [-0.1, -0.05) is 0 Å². The van der Waals surface area contributed by atoms with Gasteiger partial charge >= 0.3 is 5.69 Å². The van der Waals surface area contributed by atoms with Crippen molar-refractivity contribution in [2.45, 2.75) is 25.7 Å². The fourth-order valence-corrected chi connectivity index (χ4v) is 1.73. The number of hydrogen-bond donors (Lipinski definition) is 2. The number of nitrogens with zero attached hydrogens (tertiary/aromatic N) is 1. The van der Waals surface area contributed by atoms with Crippen molar-refractivity contribution < 1.29 is 19.2 Å². The predicted molar refractivity (Wildman–Crippen MR) is 75.9 cm³/mol. The fourth-order valence-electron chi connectivity index (χ4n) is 1.73. The Balaban J connectivity index is 2.37. The van der Waals surface area contributed by atoms with Crippen LogP contribution in [0.1, 0.15) is 25.7 Å². The number of nitro groups is 1. The summed E-state index contributed by atoms with van der Waals surface area (Å²) >= 11 is 0. The number of hydrogen-bond acceptors (Lipinski definition) is 6. The summed E-state index contributed by atoms with van der Waals surface area (Å²) in [7, 11) is 1.38. The largest absolute Gasteiger partial charge is 0.493 e. The third kappa shape index (κ3) is 5.65. The van der Waals surface area contributed by atoms with E-state index in [0.29, 0.717) is 18.8 Å². The number of nitro benzene ring substituents is 1. The molecular formula is C13H19N3O5. The van der Waals surface area contributed by atoms with Gasteiger partial charge in [0.2, 0.25) is 5.91 Å². The molecule has 0 aliphatic rings. The van der Waals surface area contributed by atoms with Crippen LogP contribution in [0.2, 0.25) is 0 Å². The summed E-state index contributed by atoms with van der Waals surface area (Å²) in [6.07, 6.45) is 2.66. The van der Waals surface area contributed by atoms with Crippen LogP contribution in [0.4, 0.5) is 5.69 Å². The topological polar surface area (TPSA) is 117 Å². The Morgan fingerprint density at radius 2 is 2.14 bits per heavy atom. The molecular weight excluding hydrogens is 278 g/mol. The Hall–Kier alpha value is -2.35. The van der Waals surface area contributed by atoms with Crippen molar-refractivity contribution >= 4 is 11.6 Å². The van der Waals surface area contributed by atoms with Crippen LogP contribution in [-0.2, 0) is 4.79 Å². The van der Waals surface area contributed by atoms with Crippen molar-refractivity contribution in [2.75, 3.05) is 13.7 Å². The number of ether oxygens (including phenoxy) is 2. The summed E-state index contributed by atoms with van der Waals surface area (Å²) in [5, 5.41) is 10.9. The maximum absolute atomic E-state index is 10.9. The third-order valence-corrected chi connectivity index (χ3v) is 2.82. The monoisotopic (exact) mass is 297 g/mol. The second-order valence-electron chi connectivity index (χ2n) is 4.32. The third-order valence-electron chi connectivity index (χ3n) is 2.82. The van der Waals surface area contributed by atoms with E-state index >= 15 is 0 Å². The summed E-state index contributed by atoms with van der Waals surface area (Å²) in [6.45, 7) is 0.424. The minimum atomic E-state index is -0.517. The summed E-state index contributed by atoms with van der Waals surface area (Å²) < 4.78 is 10.4. The second-order valence-corrected chi connectivity index (χ2v) is 4.32. The van der Waals surface area contributed by atoms with Gasteiger partial charge in [-0.2, -0.15) is 0 Å². The zero-order valence-corrected chi connectivity index (χ0v) is 11.8. The van der Waals surface area contributed by atoms with Crippen LogP contribution < -0.4 is 20.7 Å². The lowest BCUT2D eigenvalue weighted by Gasteiger charge is -2.07. The molecule has 8 heteroatoms. The number of rotatable bonds is 9. The maximum atomic E-state index is 10.9. The van der Waals surface area contributed by atoms with Crippen LogP contribution in [-0.4, -0.2) is 24.5 Å². The molecule has 1 rings (SSSR count). The predicted octanol–water partition coefficient (Wildman–Crippen LogP) is 1.53. The normalized spacial score (nSPS) is 10.0. The first-order valence-corrected chi connectivity index (χ1v) is 6.53. The van der Waals surface area contributed by atoms with Gasteiger partial charge in [-0.05, 0) is 31.4 Å². The zero-order valence-electron chi connectivity index (χ0n) is 11.8. The lowest BCUT2D eigenvalue weighted by atomic mass is 10.2. The van der Waals surface area contributed by atoms with E-state index in [1.807, 2.05) is 0 Å².